The SMILES string of the molecule is COCCCCNc1ccc(N)cc1S(N)(=O)=O. The summed E-state index contributed by atoms with van der Waals surface area (Å²) in [7, 11) is -2.13. The van der Waals surface area contributed by atoms with Crippen molar-refractivity contribution in [1.82, 2.24) is 0 Å². The van der Waals surface area contributed by atoms with Gasteiger partial charge in [0.1, 0.15) is 4.90 Å². The van der Waals surface area contributed by atoms with Crippen LogP contribution in [0.5, 0.6) is 0 Å². The van der Waals surface area contributed by atoms with Crippen LogP contribution in [0.15, 0.2) is 23.1 Å². The van der Waals surface area contributed by atoms with Gasteiger partial charge in [-0.15, -0.1) is 0 Å². The number of hydrogen-bond acceptors (Lipinski definition) is 5. The highest BCUT2D eigenvalue weighted by atomic mass is 32.2. The molecule has 1 rings (SSSR count). The molecule has 0 aliphatic heterocycles. The highest BCUT2D eigenvalue weighted by Crippen LogP contribution is 2.22. The number of methoxy groups -OCH3 is 1. The number of hydrogen-bond donors (Lipinski definition) is 3. The number of rotatable bonds is 7. The lowest BCUT2D eigenvalue weighted by atomic mass is 10.2. The molecule has 0 radical (unpaired) electrons. The number of sulfonamides is 1. The first-order valence-electron chi connectivity index (χ1n) is 5.60. The van der Waals surface area contributed by atoms with Gasteiger partial charge in [-0.2, -0.15) is 0 Å². The van der Waals surface area contributed by atoms with Crippen molar-refractivity contribution in [3.05, 3.63) is 18.2 Å². The number of ether oxygens (including phenoxy) is 1. The smallest absolute Gasteiger partial charge is 0.240 e. The van der Waals surface area contributed by atoms with E-state index in [9.17, 15) is 8.42 Å². The minimum atomic E-state index is -3.77. The summed E-state index contributed by atoms with van der Waals surface area (Å²) in [5.74, 6) is 0. The van der Waals surface area contributed by atoms with Gasteiger partial charge < -0.3 is 15.8 Å². The Hall–Kier alpha value is -1.31. The molecule has 6 nitrogen and oxygen atoms in total. The van der Waals surface area contributed by atoms with E-state index in [-0.39, 0.29) is 4.90 Å². The van der Waals surface area contributed by atoms with E-state index < -0.39 is 10.0 Å². The van der Waals surface area contributed by atoms with Crippen molar-refractivity contribution >= 4 is 21.4 Å². The van der Waals surface area contributed by atoms with Crippen molar-refractivity contribution in [2.75, 3.05) is 31.3 Å². The highest BCUT2D eigenvalue weighted by molar-refractivity contribution is 7.89. The Morgan fingerprint density at radius 3 is 2.67 bits per heavy atom. The largest absolute Gasteiger partial charge is 0.399 e. The normalized spacial score (nSPS) is 11.4. The first-order chi connectivity index (χ1) is 8.45. The Morgan fingerprint density at radius 1 is 1.33 bits per heavy atom. The van der Waals surface area contributed by atoms with Crippen molar-refractivity contribution in [2.24, 2.45) is 5.14 Å². The van der Waals surface area contributed by atoms with Gasteiger partial charge in [0.25, 0.3) is 0 Å². The molecule has 0 unspecified atom stereocenters. The van der Waals surface area contributed by atoms with Gasteiger partial charge >= 0.3 is 0 Å². The molecule has 18 heavy (non-hydrogen) atoms. The molecule has 0 aromatic heterocycles. The van der Waals surface area contributed by atoms with Gasteiger partial charge in [-0.25, -0.2) is 13.6 Å². The maximum absolute atomic E-state index is 11.4. The molecule has 1 aromatic rings. The van der Waals surface area contributed by atoms with Gasteiger partial charge in [-0.05, 0) is 31.0 Å². The van der Waals surface area contributed by atoms with E-state index in [2.05, 4.69) is 5.32 Å². The number of nitrogens with one attached hydrogen (secondary N) is 1. The minimum absolute atomic E-state index is 0.0224. The molecular weight excluding hydrogens is 254 g/mol. The quantitative estimate of drug-likeness (QED) is 0.502. The predicted octanol–water partition coefficient (Wildman–Crippen LogP) is 0.755. The lowest BCUT2D eigenvalue weighted by Gasteiger charge is -2.11. The molecule has 5 N–H and O–H groups in total. The number of primary sulfonamides is 1. The zero-order chi connectivity index (χ0) is 13.6. The van der Waals surface area contributed by atoms with E-state index >= 15 is 0 Å². The molecule has 0 amide bonds. The van der Waals surface area contributed by atoms with E-state index in [0.717, 1.165) is 12.8 Å². The molecule has 0 aliphatic rings. The standard InChI is InChI=1S/C11H19N3O3S/c1-17-7-3-2-6-14-10-5-4-9(12)8-11(10)18(13,15)16/h4-5,8,14H,2-3,6-7,12H2,1H3,(H2,13,15,16). The average Bonchev–Trinajstić information content (AvgIpc) is 2.29. The third-order valence-corrected chi connectivity index (χ3v) is 3.35. The van der Waals surface area contributed by atoms with Crippen LogP contribution in [-0.2, 0) is 14.8 Å². The Balaban J connectivity index is 2.71. The van der Waals surface area contributed by atoms with Crippen LogP contribution in [0, 0.1) is 0 Å². The van der Waals surface area contributed by atoms with Crippen LogP contribution >= 0.6 is 0 Å². The topological polar surface area (TPSA) is 107 Å². The molecule has 0 saturated heterocycles. The van der Waals surface area contributed by atoms with Crippen LogP contribution < -0.4 is 16.2 Å². The van der Waals surface area contributed by atoms with Crippen LogP contribution in [0.4, 0.5) is 11.4 Å². The van der Waals surface area contributed by atoms with Crippen molar-refractivity contribution in [2.45, 2.75) is 17.7 Å². The van der Waals surface area contributed by atoms with E-state index in [0.29, 0.717) is 24.5 Å². The monoisotopic (exact) mass is 273 g/mol. The van der Waals surface area contributed by atoms with Crippen LogP contribution in [-0.4, -0.2) is 28.7 Å². The van der Waals surface area contributed by atoms with Crippen molar-refractivity contribution in [3.8, 4) is 0 Å². The van der Waals surface area contributed by atoms with E-state index in [4.69, 9.17) is 15.6 Å². The molecule has 0 atom stereocenters. The zero-order valence-corrected chi connectivity index (χ0v) is 11.2. The number of benzene rings is 1. The molecule has 0 aliphatic carbocycles. The van der Waals surface area contributed by atoms with Crippen LogP contribution in [0.2, 0.25) is 0 Å². The summed E-state index contributed by atoms with van der Waals surface area (Å²) >= 11 is 0. The van der Waals surface area contributed by atoms with Crippen LogP contribution in [0.1, 0.15) is 12.8 Å². The fourth-order valence-corrected chi connectivity index (χ4v) is 2.26. The summed E-state index contributed by atoms with van der Waals surface area (Å²) in [6.07, 6.45) is 1.78. The van der Waals surface area contributed by atoms with Gasteiger partial charge in [-0.1, -0.05) is 0 Å². The molecule has 0 spiro atoms. The minimum Gasteiger partial charge on any atom is -0.399 e. The second kappa shape index (κ2) is 6.58. The van der Waals surface area contributed by atoms with E-state index in [1.807, 2.05) is 0 Å². The number of unbranched alkanes of at least 4 members (excludes halogenated alkanes) is 1. The third-order valence-electron chi connectivity index (χ3n) is 2.40. The van der Waals surface area contributed by atoms with Gasteiger partial charge in [-0.3, -0.25) is 0 Å². The van der Waals surface area contributed by atoms with Crippen molar-refractivity contribution < 1.29 is 13.2 Å². The Labute approximate surface area is 107 Å². The molecule has 0 fully saturated rings. The van der Waals surface area contributed by atoms with Gasteiger partial charge in [0.15, 0.2) is 0 Å². The Morgan fingerprint density at radius 2 is 2.06 bits per heavy atom. The fourth-order valence-electron chi connectivity index (χ4n) is 1.51. The van der Waals surface area contributed by atoms with Gasteiger partial charge in [0.05, 0.1) is 5.69 Å². The number of nitrogen functional groups attached to an aromatic ring is 1. The third kappa shape index (κ3) is 4.52. The van der Waals surface area contributed by atoms with Crippen molar-refractivity contribution in [3.63, 3.8) is 0 Å². The second-order valence-electron chi connectivity index (χ2n) is 3.93. The van der Waals surface area contributed by atoms with E-state index in [1.54, 1.807) is 19.2 Å². The summed E-state index contributed by atoms with van der Waals surface area (Å²) in [6.45, 7) is 1.33. The first-order valence-corrected chi connectivity index (χ1v) is 7.15. The van der Waals surface area contributed by atoms with Gasteiger partial charge in [0, 0.05) is 25.9 Å². The molecule has 0 heterocycles. The summed E-state index contributed by atoms with van der Waals surface area (Å²) < 4.78 is 27.7. The average molecular weight is 273 g/mol. The lowest BCUT2D eigenvalue weighted by Crippen LogP contribution is -2.16. The molecule has 102 valence electrons. The van der Waals surface area contributed by atoms with Crippen LogP contribution in [0.3, 0.4) is 0 Å². The Bertz CT molecular complexity index is 488. The molecule has 1 aromatic carbocycles. The molecule has 0 bridgehead atoms. The molecule has 7 heteroatoms. The second-order valence-corrected chi connectivity index (χ2v) is 5.46. The maximum atomic E-state index is 11.4. The molecule has 0 saturated carbocycles. The maximum Gasteiger partial charge on any atom is 0.240 e. The summed E-state index contributed by atoms with van der Waals surface area (Å²) in [5, 5.41) is 8.17. The lowest BCUT2D eigenvalue weighted by molar-refractivity contribution is 0.194. The summed E-state index contributed by atoms with van der Waals surface area (Å²) in [6, 6.07) is 4.60. The zero-order valence-electron chi connectivity index (χ0n) is 10.3. The summed E-state index contributed by atoms with van der Waals surface area (Å²) in [5.41, 5.74) is 6.40. The number of nitrogens with two attached hydrogens (primary N) is 2. The first kappa shape index (κ1) is 14.7. The van der Waals surface area contributed by atoms with E-state index in [1.165, 1.54) is 6.07 Å². The summed E-state index contributed by atoms with van der Waals surface area (Å²) in [4.78, 5) is 0.0224. The van der Waals surface area contributed by atoms with Crippen LogP contribution in [0.25, 0.3) is 0 Å². The van der Waals surface area contributed by atoms with Crippen molar-refractivity contribution in [1.29, 1.82) is 0 Å². The fraction of sp³-hybridized carbons (Fsp3) is 0.455. The Kier molecular flexibility index (Phi) is 5.39. The van der Waals surface area contributed by atoms with Gasteiger partial charge in [0.2, 0.25) is 10.0 Å². The highest BCUT2D eigenvalue weighted by Gasteiger charge is 2.13. The predicted molar refractivity (Wildman–Crippen MR) is 71.8 cm³/mol. The number of anilines is 2. The molecular formula is C11H19N3O3S.